The van der Waals surface area contributed by atoms with Gasteiger partial charge in [0.25, 0.3) is 0 Å². The number of hydrogen-bond acceptors (Lipinski definition) is 2. The lowest BCUT2D eigenvalue weighted by atomic mass is 9.98. The summed E-state index contributed by atoms with van der Waals surface area (Å²) in [5, 5.41) is 5.13. The minimum absolute atomic E-state index is 0.398. The predicted molar refractivity (Wildman–Crippen MR) is 62.1 cm³/mol. The van der Waals surface area contributed by atoms with E-state index in [9.17, 15) is 0 Å². The Bertz CT molecular complexity index is 506. The second-order valence-electron chi connectivity index (χ2n) is 3.86. The van der Waals surface area contributed by atoms with Crippen molar-refractivity contribution in [1.82, 2.24) is 10.3 Å². The molecule has 0 amide bonds. The second kappa shape index (κ2) is 3.47. The van der Waals surface area contributed by atoms with Gasteiger partial charge in [0.05, 0.1) is 5.52 Å². The minimum Gasteiger partial charge on any atom is -0.310 e. The molecule has 2 heterocycles. The molecule has 1 aliphatic heterocycles. The number of fused-ring (bicyclic) bond motifs is 1. The molecule has 1 aromatic carbocycles. The molecule has 0 spiro atoms. The molecule has 0 bridgehead atoms. The fourth-order valence-corrected chi connectivity index (χ4v) is 2.18. The van der Waals surface area contributed by atoms with Crippen LogP contribution in [-0.4, -0.2) is 11.5 Å². The summed E-state index contributed by atoms with van der Waals surface area (Å²) in [5.41, 5.74) is 2.09. The molecule has 1 fully saturated rings. The number of rotatable bonds is 1. The monoisotopic (exact) mass is 218 g/mol. The van der Waals surface area contributed by atoms with Crippen molar-refractivity contribution in [1.29, 1.82) is 0 Å². The van der Waals surface area contributed by atoms with Gasteiger partial charge in [0.15, 0.2) is 0 Å². The number of para-hydroxylation sites is 1. The van der Waals surface area contributed by atoms with E-state index in [1.807, 2.05) is 18.2 Å². The Balaban J connectivity index is 2.17. The molecule has 15 heavy (non-hydrogen) atoms. The van der Waals surface area contributed by atoms with Gasteiger partial charge in [-0.25, -0.2) is 4.98 Å². The van der Waals surface area contributed by atoms with Crippen LogP contribution >= 0.6 is 11.6 Å². The first kappa shape index (κ1) is 9.13. The Kier molecular flexibility index (Phi) is 2.11. The zero-order valence-electron chi connectivity index (χ0n) is 8.20. The average Bonchev–Trinajstić information content (AvgIpc) is 2.16. The first-order valence-electron chi connectivity index (χ1n) is 5.13. The van der Waals surface area contributed by atoms with Crippen LogP contribution in [0.4, 0.5) is 0 Å². The van der Waals surface area contributed by atoms with Crippen molar-refractivity contribution in [2.45, 2.75) is 12.5 Å². The Labute approximate surface area is 93.3 Å². The molecule has 1 aromatic heterocycles. The van der Waals surface area contributed by atoms with E-state index in [0.29, 0.717) is 11.2 Å². The number of aromatic nitrogens is 1. The molecule has 0 unspecified atom stereocenters. The second-order valence-corrected chi connectivity index (χ2v) is 4.21. The number of halogens is 1. The molecule has 3 rings (SSSR count). The third-order valence-corrected chi connectivity index (χ3v) is 3.21. The number of benzene rings is 1. The smallest absolute Gasteiger partial charge is 0.134 e. The summed E-state index contributed by atoms with van der Waals surface area (Å²) in [4.78, 5) is 4.40. The maximum Gasteiger partial charge on any atom is 0.134 e. The molecular weight excluding hydrogens is 208 g/mol. The Morgan fingerprint density at radius 3 is 2.87 bits per heavy atom. The summed E-state index contributed by atoms with van der Waals surface area (Å²) in [5.74, 6) is 0. The van der Waals surface area contributed by atoms with E-state index in [1.54, 1.807) is 0 Å². The zero-order chi connectivity index (χ0) is 10.3. The molecule has 0 aliphatic carbocycles. The molecule has 0 saturated carbocycles. The van der Waals surface area contributed by atoms with Crippen LogP contribution in [0.15, 0.2) is 30.3 Å². The summed E-state index contributed by atoms with van der Waals surface area (Å²) < 4.78 is 0. The molecule has 1 aliphatic rings. The zero-order valence-corrected chi connectivity index (χ0v) is 8.96. The lowest BCUT2D eigenvalue weighted by molar-refractivity contribution is 0.383. The van der Waals surface area contributed by atoms with Crippen LogP contribution in [0.5, 0.6) is 0 Å². The van der Waals surface area contributed by atoms with Crippen LogP contribution in [0.25, 0.3) is 10.9 Å². The lowest BCUT2D eigenvalue weighted by Gasteiger charge is -2.28. The standard InChI is InChI=1S/C12H11ClN2/c13-12-9(11-5-6-14-11)7-8-3-1-2-4-10(8)15-12/h1-4,7,11,14H,5-6H2/t11-/m0/s1. The number of nitrogens with zero attached hydrogens (tertiary/aromatic N) is 1. The quantitative estimate of drug-likeness (QED) is 0.745. The van der Waals surface area contributed by atoms with E-state index in [2.05, 4.69) is 22.4 Å². The van der Waals surface area contributed by atoms with Crippen LogP contribution in [0.3, 0.4) is 0 Å². The molecule has 1 saturated heterocycles. The highest BCUT2D eigenvalue weighted by Gasteiger charge is 2.21. The van der Waals surface area contributed by atoms with Crippen LogP contribution < -0.4 is 5.32 Å². The van der Waals surface area contributed by atoms with Crippen molar-refractivity contribution in [3.05, 3.63) is 41.0 Å². The normalized spacial score (nSPS) is 20.2. The molecule has 1 N–H and O–H groups in total. The molecule has 3 heteroatoms. The molecule has 2 aromatic rings. The summed E-state index contributed by atoms with van der Waals surface area (Å²) in [6, 6.07) is 10.6. The Hall–Kier alpha value is -1.12. The van der Waals surface area contributed by atoms with E-state index in [0.717, 1.165) is 29.4 Å². The molecule has 2 nitrogen and oxygen atoms in total. The Morgan fingerprint density at radius 1 is 1.33 bits per heavy atom. The summed E-state index contributed by atoms with van der Waals surface area (Å²) in [6.07, 6.45) is 1.15. The van der Waals surface area contributed by atoms with E-state index in [4.69, 9.17) is 11.6 Å². The maximum atomic E-state index is 6.16. The van der Waals surface area contributed by atoms with Gasteiger partial charge in [-0.15, -0.1) is 0 Å². The van der Waals surface area contributed by atoms with Gasteiger partial charge in [-0.1, -0.05) is 29.8 Å². The lowest BCUT2D eigenvalue weighted by Crippen LogP contribution is -2.35. The van der Waals surface area contributed by atoms with Crippen molar-refractivity contribution in [2.24, 2.45) is 0 Å². The van der Waals surface area contributed by atoms with Crippen molar-refractivity contribution in [3.8, 4) is 0 Å². The van der Waals surface area contributed by atoms with Crippen LogP contribution in [0.1, 0.15) is 18.0 Å². The largest absolute Gasteiger partial charge is 0.310 e. The highest BCUT2D eigenvalue weighted by Crippen LogP contribution is 2.30. The molecule has 1 atom stereocenters. The van der Waals surface area contributed by atoms with E-state index < -0.39 is 0 Å². The number of hydrogen-bond donors (Lipinski definition) is 1. The van der Waals surface area contributed by atoms with Crippen LogP contribution in [0.2, 0.25) is 5.15 Å². The van der Waals surface area contributed by atoms with Crippen molar-refractivity contribution in [2.75, 3.05) is 6.54 Å². The first-order chi connectivity index (χ1) is 7.34. The van der Waals surface area contributed by atoms with Crippen LogP contribution in [0, 0.1) is 0 Å². The van der Waals surface area contributed by atoms with Gasteiger partial charge >= 0.3 is 0 Å². The minimum atomic E-state index is 0.398. The third-order valence-electron chi connectivity index (χ3n) is 2.90. The van der Waals surface area contributed by atoms with Crippen LogP contribution in [-0.2, 0) is 0 Å². The van der Waals surface area contributed by atoms with Gasteiger partial charge in [0, 0.05) is 17.0 Å². The molecular formula is C12H11ClN2. The molecule has 76 valence electrons. The topological polar surface area (TPSA) is 24.9 Å². The van der Waals surface area contributed by atoms with Gasteiger partial charge in [0.2, 0.25) is 0 Å². The third kappa shape index (κ3) is 1.50. The van der Waals surface area contributed by atoms with Gasteiger partial charge < -0.3 is 5.32 Å². The van der Waals surface area contributed by atoms with Crippen molar-refractivity contribution in [3.63, 3.8) is 0 Å². The highest BCUT2D eigenvalue weighted by molar-refractivity contribution is 6.30. The van der Waals surface area contributed by atoms with Gasteiger partial charge in [-0.3, -0.25) is 0 Å². The van der Waals surface area contributed by atoms with Gasteiger partial charge in [-0.2, -0.15) is 0 Å². The van der Waals surface area contributed by atoms with Crippen molar-refractivity contribution >= 4 is 22.5 Å². The summed E-state index contributed by atoms with van der Waals surface area (Å²) in [6.45, 7) is 1.08. The number of pyridine rings is 1. The predicted octanol–water partition coefficient (Wildman–Crippen LogP) is 2.92. The molecule has 0 radical (unpaired) electrons. The average molecular weight is 219 g/mol. The Morgan fingerprint density at radius 2 is 2.13 bits per heavy atom. The van der Waals surface area contributed by atoms with E-state index in [1.165, 1.54) is 0 Å². The first-order valence-corrected chi connectivity index (χ1v) is 5.51. The van der Waals surface area contributed by atoms with Gasteiger partial charge in [-0.05, 0) is 25.1 Å². The summed E-state index contributed by atoms with van der Waals surface area (Å²) in [7, 11) is 0. The van der Waals surface area contributed by atoms with Crippen molar-refractivity contribution < 1.29 is 0 Å². The number of nitrogens with one attached hydrogen (secondary N) is 1. The highest BCUT2D eigenvalue weighted by atomic mass is 35.5. The fourth-order valence-electron chi connectivity index (χ4n) is 1.91. The van der Waals surface area contributed by atoms with E-state index in [-0.39, 0.29) is 0 Å². The van der Waals surface area contributed by atoms with Gasteiger partial charge in [0.1, 0.15) is 5.15 Å². The fraction of sp³-hybridized carbons (Fsp3) is 0.250. The SMILES string of the molecule is Clc1nc2ccccc2cc1[C@@H]1CCN1. The summed E-state index contributed by atoms with van der Waals surface area (Å²) >= 11 is 6.16. The maximum absolute atomic E-state index is 6.16. The van der Waals surface area contributed by atoms with E-state index >= 15 is 0 Å².